The molecule has 0 radical (unpaired) electrons. The van der Waals surface area contributed by atoms with Gasteiger partial charge in [-0.2, -0.15) is 0 Å². The molecule has 1 heterocycles. The third kappa shape index (κ3) is 10.8. The number of carbonyl (C=O) groups is 2. The van der Waals surface area contributed by atoms with Crippen LogP contribution >= 0.6 is 0 Å². The Kier molecular flexibility index (Phi) is 11.2. The fourth-order valence-corrected chi connectivity index (χ4v) is 4.70. The van der Waals surface area contributed by atoms with Crippen molar-refractivity contribution in [3.63, 3.8) is 0 Å². The van der Waals surface area contributed by atoms with E-state index in [4.69, 9.17) is 18.9 Å². The Morgan fingerprint density at radius 1 is 0.872 bits per heavy atom. The van der Waals surface area contributed by atoms with E-state index in [-0.39, 0.29) is 25.6 Å². The van der Waals surface area contributed by atoms with Gasteiger partial charge in [-0.3, -0.25) is 4.79 Å². The molecular formula is C37H42FN3O6. The Bertz CT molecular complexity index is 1680. The lowest BCUT2D eigenvalue weighted by molar-refractivity contribution is -0.153. The number of alkyl carbamates (subject to hydrolysis) is 1. The molecule has 1 amide bonds. The molecule has 248 valence electrons. The average molecular weight is 644 g/mol. The maximum atomic E-state index is 16.1. The third-order valence-corrected chi connectivity index (χ3v) is 6.66. The average Bonchev–Trinajstić information content (AvgIpc) is 2.98. The van der Waals surface area contributed by atoms with Crippen molar-refractivity contribution in [2.75, 3.05) is 0 Å². The van der Waals surface area contributed by atoms with Gasteiger partial charge in [-0.15, -0.1) is 0 Å². The molecule has 10 heteroatoms. The first-order valence-corrected chi connectivity index (χ1v) is 15.4. The van der Waals surface area contributed by atoms with E-state index < -0.39 is 29.2 Å². The minimum Gasteiger partial charge on any atom is -0.489 e. The highest BCUT2D eigenvalue weighted by Gasteiger charge is 2.22. The molecule has 1 atom stereocenters. The summed E-state index contributed by atoms with van der Waals surface area (Å²) in [6, 6.07) is 18.8. The molecular weight excluding hydrogens is 601 g/mol. The monoisotopic (exact) mass is 643 g/mol. The summed E-state index contributed by atoms with van der Waals surface area (Å²) < 4.78 is 39.3. The fraction of sp³-hybridized carbons (Fsp3) is 0.351. The quantitative estimate of drug-likeness (QED) is 0.164. The predicted octanol–water partition coefficient (Wildman–Crippen LogP) is 7.91. The lowest BCUT2D eigenvalue weighted by Crippen LogP contribution is -2.34. The van der Waals surface area contributed by atoms with Crippen LogP contribution in [0.4, 0.5) is 9.18 Å². The number of halogens is 1. The maximum Gasteiger partial charge on any atom is 0.408 e. The standard InChI is InChI=1S/C37H42FN3O6/c1-24(41-35(43)47-37(5,6)7)30-12-10-13-31(34(30)38)27-17-25(18-29(19-27)44-22-28-15-16-39-23-40-28)21-45-32-14-9-8-11-26(32)20-33(42)46-36(2,3)4/h8-19,23-24H,20-22H2,1-7H3,(H,41,43)/t24-/m1/s1. The molecule has 0 saturated heterocycles. The Labute approximate surface area is 275 Å². The molecule has 4 aromatic rings. The van der Waals surface area contributed by atoms with E-state index in [0.29, 0.717) is 45.0 Å². The molecule has 1 N–H and O–H groups in total. The van der Waals surface area contributed by atoms with Crippen LogP contribution in [0, 0.1) is 5.82 Å². The van der Waals surface area contributed by atoms with E-state index >= 15 is 4.39 Å². The highest BCUT2D eigenvalue weighted by atomic mass is 19.1. The SMILES string of the molecule is C[C@@H](NC(=O)OC(C)(C)C)c1cccc(-c2cc(COc3ccccc3CC(=O)OC(C)(C)C)cc(OCc3ccncn3)c2)c1F. The van der Waals surface area contributed by atoms with Crippen LogP contribution in [0.15, 0.2) is 79.3 Å². The summed E-state index contributed by atoms with van der Waals surface area (Å²) in [5.74, 6) is 0.161. The smallest absolute Gasteiger partial charge is 0.408 e. The maximum absolute atomic E-state index is 16.1. The lowest BCUT2D eigenvalue weighted by Gasteiger charge is -2.22. The van der Waals surface area contributed by atoms with Crippen LogP contribution in [0.25, 0.3) is 11.1 Å². The van der Waals surface area contributed by atoms with Gasteiger partial charge in [0.15, 0.2) is 0 Å². The predicted molar refractivity (Wildman–Crippen MR) is 176 cm³/mol. The molecule has 0 bridgehead atoms. The van der Waals surface area contributed by atoms with Crippen molar-refractivity contribution < 1.29 is 32.9 Å². The molecule has 0 fully saturated rings. The van der Waals surface area contributed by atoms with Crippen LogP contribution in [0.2, 0.25) is 0 Å². The molecule has 0 aliphatic carbocycles. The van der Waals surface area contributed by atoms with E-state index in [2.05, 4.69) is 15.3 Å². The summed E-state index contributed by atoms with van der Waals surface area (Å²) >= 11 is 0. The molecule has 0 saturated carbocycles. The van der Waals surface area contributed by atoms with Crippen LogP contribution in [0.1, 0.15) is 76.9 Å². The van der Waals surface area contributed by atoms with Crippen LogP contribution in [-0.2, 0) is 33.9 Å². The van der Waals surface area contributed by atoms with Crippen molar-refractivity contribution in [2.24, 2.45) is 0 Å². The van der Waals surface area contributed by atoms with Gasteiger partial charge in [0.05, 0.1) is 18.2 Å². The molecule has 0 aliphatic heterocycles. The number of benzene rings is 3. The van der Waals surface area contributed by atoms with Crippen molar-refractivity contribution in [1.29, 1.82) is 0 Å². The first-order valence-electron chi connectivity index (χ1n) is 15.4. The molecule has 1 aromatic heterocycles. The highest BCUT2D eigenvalue weighted by molar-refractivity contribution is 5.74. The number of carbonyl (C=O) groups excluding carboxylic acids is 2. The Morgan fingerprint density at radius 3 is 2.32 bits per heavy atom. The third-order valence-electron chi connectivity index (χ3n) is 6.66. The fourth-order valence-electron chi connectivity index (χ4n) is 4.70. The zero-order valence-electron chi connectivity index (χ0n) is 27.9. The van der Waals surface area contributed by atoms with Crippen molar-refractivity contribution in [3.8, 4) is 22.6 Å². The topological polar surface area (TPSA) is 109 Å². The Hall–Kier alpha value is -4.99. The Balaban J connectivity index is 1.62. The van der Waals surface area contributed by atoms with Gasteiger partial charge < -0.3 is 24.3 Å². The largest absolute Gasteiger partial charge is 0.489 e. The van der Waals surface area contributed by atoms with Crippen LogP contribution in [-0.4, -0.2) is 33.2 Å². The summed E-state index contributed by atoms with van der Waals surface area (Å²) in [6.07, 6.45) is 2.48. The normalized spacial score (nSPS) is 12.2. The first kappa shape index (κ1) is 34.9. The molecule has 3 aromatic carbocycles. The highest BCUT2D eigenvalue weighted by Crippen LogP contribution is 2.33. The van der Waals surface area contributed by atoms with Crippen LogP contribution < -0.4 is 14.8 Å². The van der Waals surface area contributed by atoms with Gasteiger partial charge in [-0.05, 0) is 89.9 Å². The zero-order valence-corrected chi connectivity index (χ0v) is 27.9. The van der Waals surface area contributed by atoms with Crippen molar-refractivity contribution in [1.82, 2.24) is 15.3 Å². The first-order chi connectivity index (χ1) is 22.2. The second-order valence-corrected chi connectivity index (χ2v) is 13.1. The van der Waals surface area contributed by atoms with Gasteiger partial charge in [0.2, 0.25) is 0 Å². The van der Waals surface area contributed by atoms with Crippen molar-refractivity contribution in [3.05, 3.63) is 107 Å². The van der Waals surface area contributed by atoms with Gasteiger partial charge in [-0.25, -0.2) is 19.2 Å². The molecule has 0 aliphatic rings. The summed E-state index contributed by atoms with van der Waals surface area (Å²) in [4.78, 5) is 33.1. The lowest BCUT2D eigenvalue weighted by atomic mass is 9.97. The summed E-state index contributed by atoms with van der Waals surface area (Å²) in [7, 11) is 0. The van der Waals surface area contributed by atoms with E-state index in [0.717, 1.165) is 0 Å². The number of amides is 1. The van der Waals surface area contributed by atoms with E-state index in [9.17, 15) is 9.59 Å². The minimum atomic E-state index is -0.689. The number of aromatic nitrogens is 2. The molecule has 4 rings (SSSR count). The number of hydrogen-bond donors (Lipinski definition) is 1. The van der Waals surface area contributed by atoms with Gasteiger partial charge in [0, 0.05) is 22.9 Å². The molecule has 0 unspecified atom stereocenters. The molecule has 47 heavy (non-hydrogen) atoms. The second-order valence-electron chi connectivity index (χ2n) is 13.1. The zero-order chi connectivity index (χ0) is 34.2. The summed E-state index contributed by atoms with van der Waals surface area (Å²) in [6.45, 7) is 12.7. The number of esters is 1. The number of hydrogen-bond acceptors (Lipinski definition) is 8. The van der Waals surface area contributed by atoms with E-state index in [1.54, 1.807) is 70.3 Å². The van der Waals surface area contributed by atoms with Crippen molar-refractivity contribution in [2.45, 2.75) is 85.3 Å². The Morgan fingerprint density at radius 2 is 1.62 bits per heavy atom. The van der Waals surface area contributed by atoms with E-state index in [1.165, 1.54) is 6.33 Å². The number of nitrogens with one attached hydrogen (secondary N) is 1. The van der Waals surface area contributed by atoms with Gasteiger partial charge in [-0.1, -0.05) is 36.4 Å². The number of nitrogens with zero attached hydrogens (tertiary/aromatic N) is 2. The number of rotatable bonds is 11. The van der Waals surface area contributed by atoms with Crippen LogP contribution in [0.5, 0.6) is 11.5 Å². The number of ether oxygens (including phenoxy) is 4. The number of para-hydroxylation sites is 1. The van der Waals surface area contributed by atoms with Gasteiger partial charge in [0.1, 0.15) is 48.1 Å². The van der Waals surface area contributed by atoms with Crippen LogP contribution in [0.3, 0.4) is 0 Å². The van der Waals surface area contributed by atoms with E-state index in [1.807, 2.05) is 51.1 Å². The summed E-state index contributed by atoms with van der Waals surface area (Å²) in [5, 5.41) is 2.71. The second kappa shape index (κ2) is 15.1. The molecule has 0 spiro atoms. The minimum absolute atomic E-state index is 0.0499. The van der Waals surface area contributed by atoms with Gasteiger partial charge in [0.25, 0.3) is 0 Å². The molecule has 9 nitrogen and oxygen atoms in total. The summed E-state index contributed by atoms with van der Waals surface area (Å²) in [5.41, 5.74) is 1.94. The van der Waals surface area contributed by atoms with Gasteiger partial charge >= 0.3 is 12.1 Å². The van der Waals surface area contributed by atoms with Crippen molar-refractivity contribution >= 4 is 12.1 Å².